The van der Waals surface area contributed by atoms with Gasteiger partial charge in [0.05, 0.1) is 5.69 Å². The van der Waals surface area contributed by atoms with Crippen LogP contribution in [0.5, 0.6) is 0 Å². The maximum atomic E-state index is 12.3. The number of carbonyl (C=O) groups is 3. The Morgan fingerprint density at radius 2 is 1.70 bits per heavy atom. The average molecular weight is 384 g/mol. The molecule has 0 saturated heterocycles. The maximum Gasteiger partial charge on any atom is 0.355 e. The van der Waals surface area contributed by atoms with Crippen molar-refractivity contribution in [1.82, 2.24) is 5.32 Å². The summed E-state index contributed by atoms with van der Waals surface area (Å²) in [5.74, 6) is -1.67. The highest BCUT2D eigenvalue weighted by molar-refractivity contribution is 7.98. The molecule has 2 aromatic rings. The molecule has 0 aromatic heterocycles. The lowest BCUT2D eigenvalue weighted by Gasteiger charge is -2.11. The Morgan fingerprint density at radius 3 is 2.37 bits per heavy atom. The Labute approximate surface area is 162 Å². The zero-order valence-corrected chi connectivity index (χ0v) is 15.8. The highest BCUT2D eigenvalue weighted by atomic mass is 32.2. The second-order valence-electron chi connectivity index (χ2n) is 5.47. The number of para-hydroxylation sites is 1. The van der Waals surface area contributed by atoms with Gasteiger partial charge >= 0.3 is 5.97 Å². The molecule has 0 atom stereocenters. The topological polar surface area (TPSA) is 84.5 Å². The van der Waals surface area contributed by atoms with Crippen LogP contribution in [0.3, 0.4) is 0 Å². The van der Waals surface area contributed by atoms with Gasteiger partial charge in [-0.15, -0.1) is 11.8 Å². The molecule has 0 radical (unpaired) electrons. The van der Waals surface area contributed by atoms with E-state index in [2.05, 4.69) is 10.6 Å². The average Bonchev–Trinajstić information content (AvgIpc) is 2.66. The standard InChI is InChI=1S/C20H20N2O4S/c1-14(23)21-17(12-15-8-4-3-5-9-15)20(25)26-13-19(24)22-16-10-6-7-11-18(16)27-2/h3-12H,13H2,1-2H3,(H,21,23)(H,22,24)/b17-12-. The van der Waals surface area contributed by atoms with Crippen molar-refractivity contribution in [2.24, 2.45) is 0 Å². The molecule has 0 spiro atoms. The zero-order chi connectivity index (χ0) is 19.6. The third kappa shape index (κ3) is 6.63. The number of hydrogen-bond donors (Lipinski definition) is 2. The Kier molecular flexibility index (Phi) is 7.63. The fraction of sp³-hybridized carbons (Fsp3) is 0.150. The predicted molar refractivity (Wildman–Crippen MR) is 106 cm³/mol. The van der Waals surface area contributed by atoms with Crippen LogP contribution < -0.4 is 10.6 Å². The van der Waals surface area contributed by atoms with E-state index in [1.54, 1.807) is 36.4 Å². The van der Waals surface area contributed by atoms with Gasteiger partial charge in [0, 0.05) is 11.8 Å². The number of hydrogen-bond acceptors (Lipinski definition) is 5. The van der Waals surface area contributed by atoms with E-state index in [9.17, 15) is 14.4 Å². The molecule has 0 aliphatic heterocycles. The van der Waals surface area contributed by atoms with Crippen LogP contribution in [0.25, 0.3) is 6.08 Å². The summed E-state index contributed by atoms with van der Waals surface area (Å²) >= 11 is 1.50. The minimum Gasteiger partial charge on any atom is -0.451 e. The first-order chi connectivity index (χ1) is 13.0. The van der Waals surface area contributed by atoms with Gasteiger partial charge in [0.2, 0.25) is 5.91 Å². The Bertz CT molecular complexity index is 850. The van der Waals surface area contributed by atoms with E-state index in [1.165, 1.54) is 24.8 Å². The number of carbonyl (C=O) groups excluding carboxylic acids is 3. The molecule has 0 aliphatic carbocycles. The van der Waals surface area contributed by atoms with Gasteiger partial charge in [-0.05, 0) is 30.0 Å². The lowest BCUT2D eigenvalue weighted by Crippen LogP contribution is -2.29. The predicted octanol–water partition coefficient (Wildman–Crippen LogP) is 3.07. The first-order valence-corrected chi connectivity index (χ1v) is 9.36. The maximum absolute atomic E-state index is 12.3. The van der Waals surface area contributed by atoms with Gasteiger partial charge < -0.3 is 15.4 Å². The molecule has 0 heterocycles. The van der Waals surface area contributed by atoms with E-state index in [0.717, 1.165) is 10.5 Å². The SMILES string of the molecule is CSc1ccccc1NC(=O)COC(=O)/C(=C/c1ccccc1)NC(C)=O. The van der Waals surface area contributed by atoms with E-state index in [0.29, 0.717) is 5.69 Å². The summed E-state index contributed by atoms with van der Waals surface area (Å²) in [6.45, 7) is 0.825. The number of nitrogens with one attached hydrogen (secondary N) is 2. The normalized spacial score (nSPS) is 10.8. The van der Waals surface area contributed by atoms with Crippen LogP contribution in [-0.4, -0.2) is 30.6 Å². The highest BCUT2D eigenvalue weighted by Gasteiger charge is 2.15. The number of thioether (sulfide) groups is 1. The third-order valence-corrected chi connectivity index (χ3v) is 4.15. The first-order valence-electron chi connectivity index (χ1n) is 8.14. The summed E-state index contributed by atoms with van der Waals surface area (Å²) in [6.07, 6.45) is 3.39. The second-order valence-corrected chi connectivity index (χ2v) is 6.32. The molecule has 140 valence electrons. The largest absolute Gasteiger partial charge is 0.451 e. The van der Waals surface area contributed by atoms with Crippen LogP contribution >= 0.6 is 11.8 Å². The zero-order valence-electron chi connectivity index (χ0n) is 15.0. The molecule has 0 saturated carbocycles. The van der Waals surface area contributed by atoms with E-state index in [4.69, 9.17) is 4.74 Å². The van der Waals surface area contributed by atoms with E-state index >= 15 is 0 Å². The van der Waals surface area contributed by atoms with Crippen LogP contribution in [0.2, 0.25) is 0 Å². The quantitative estimate of drug-likeness (QED) is 0.435. The van der Waals surface area contributed by atoms with Gasteiger partial charge in [-0.2, -0.15) is 0 Å². The number of esters is 1. The van der Waals surface area contributed by atoms with Crippen molar-refractivity contribution in [3.8, 4) is 0 Å². The number of benzene rings is 2. The summed E-state index contributed by atoms with van der Waals surface area (Å²) in [4.78, 5) is 36.6. The second kappa shape index (κ2) is 10.2. The molecule has 2 rings (SSSR count). The van der Waals surface area contributed by atoms with Crippen LogP contribution in [0.15, 0.2) is 65.2 Å². The molecule has 6 nitrogen and oxygen atoms in total. The Balaban J connectivity index is 2.01. The van der Waals surface area contributed by atoms with E-state index < -0.39 is 24.4 Å². The molecule has 0 unspecified atom stereocenters. The van der Waals surface area contributed by atoms with Crippen LogP contribution in [0, 0.1) is 0 Å². The molecule has 2 N–H and O–H groups in total. The molecule has 27 heavy (non-hydrogen) atoms. The molecular weight excluding hydrogens is 364 g/mol. The number of anilines is 1. The molecule has 2 amide bonds. The molecule has 0 fully saturated rings. The third-order valence-electron chi connectivity index (χ3n) is 3.36. The molecule has 2 aromatic carbocycles. The summed E-state index contributed by atoms with van der Waals surface area (Å²) in [6, 6.07) is 16.3. The highest BCUT2D eigenvalue weighted by Crippen LogP contribution is 2.24. The molecule has 0 bridgehead atoms. The van der Waals surface area contributed by atoms with Gasteiger partial charge in [-0.25, -0.2) is 4.79 Å². The summed E-state index contributed by atoms with van der Waals surface area (Å²) in [7, 11) is 0. The summed E-state index contributed by atoms with van der Waals surface area (Å²) in [5.41, 5.74) is 1.33. The summed E-state index contributed by atoms with van der Waals surface area (Å²) in [5, 5.41) is 5.13. The smallest absolute Gasteiger partial charge is 0.355 e. The van der Waals surface area contributed by atoms with Crippen molar-refractivity contribution in [3.05, 3.63) is 65.9 Å². The molecular formula is C20H20N2O4S. The fourth-order valence-electron chi connectivity index (χ4n) is 2.19. The fourth-order valence-corrected chi connectivity index (χ4v) is 2.75. The monoisotopic (exact) mass is 384 g/mol. The Morgan fingerprint density at radius 1 is 1.04 bits per heavy atom. The van der Waals surface area contributed by atoms with Crippen molar-refractivity contribution < 1.29 is 19.1 Å². The van der Waals surface area contributed by atoms with Crippen molar-refractivity contribution in [1.29, 1.82) is 0 Å². The lowest BCUT2D eigenvalue weighted by atomic mass is 10.2. The lowest BCUT2D eigenvalue weighted by molar-refractivity contribution is -0.144. The minimum absolute atomic E-state index is 0.0361. The van der Waals surface area contributed by atoms with Gasteiger partial charge in [-0.3, -0.25) is 9.59 Å². The van der Waals surface area contributed by atoms with Crippen LogP contribution in [-0.2, 0) is 19.1 Å². The van der Waals surface area contributed by atoms with Gasteiger partial charge in [0.1, 0.15) is 5.70 Å². The Hall–Kier alpha value is -3.06. The van der Waals surface area contributed by atoms with Gasteiger partial charge in [0.25, 0.3) is 5.91 Å². The van der Waals surface area contributed by atoms with E-state index in [-0.39, 0.29) is 5.70 Å². The number of rotatable bonds is 7. The van der Waals surface area contributed by atoms with E-state index in [1.807, 2.05) is 24.5 Å². The minimum atomic E-state index is -0.789. The van der Waals surface area contributed by atoms with Crippen LogP contribution in [0.4, 0.5) is 5.69 Å². The molecule has 7 heteroatoms. The van der Waals surface area contributed by atoms with Crippen molar-refractivity contribution >= 4 is 41.3 Å². The molecule has 0 aliphatic rings. The van der Waals surface area contributed by atoms with Gasteiger partial charge in [-0.1, -0.05) is 42.5 Å². The number of ether oxygens (including phenoxy) is 1. The number of amides is 2. The van der Waals surface area contributed by atoms with Crippen molar-refractivity contribution in [3.63, 3.8) is 0 Å². The van der Waals surface area contributed by atoms with Crippen molar-refractivity contribution in [2.45, 2.75) is 11.8 Å². The van der Waals surface area contributed by atoms with Crippen LogP contribution in [0.1, 0.15) is 12.5 Å². The van der Waals surface area contributed by atoms with Gasteiger partial charge in [0.15, 0.2) is 6.61 Å². The first kappa shape index (κ1) is 20.3. The summed E-state index contributed by atoms with van der Waals surface area (Å²) < 4.78 is 5.04. The van der Waals surface area contributed by atoms with Crippen molar-refractivity contribution in [2.75, 3.05) is 18.2 Å².